The maximum Gasteiger partial charge on any atom is 0.341 e. The van der Waals surface area contributed by atoms with Crippen molar-refractivity contribution >= 4 is 21.9 Å². The highest BCUT2D eigenvalue weighted by molar-refractivity contribution is 9.10. The van der Waals surface area contributed by atoms with Crippen LogP contribution in [0.25, 0.3) is 0 Å². The van der Waals surface area contributed by atoms with Gasteiger partial charge in [0.05, 0.1) is 0 Å². The zero-order valence-electron chi connectivity index (χ0n) is 9.85. The first-order valence-corrected chi connectivity index (χ1v) is 6.33. The average Bonchev–Trinajstić information content (AvgIpc) is 2.36. The number of carbonyl (C=O) groups is 1. The first kappa shape index (κ1) is 13.3. The van der Waals surface area contributed by atoms with Gasteiger partial charge in [0, 0.05) is 4.47 Å². The van der Waals surface area contributed by atoms with Gasteiger partial charge in [-0.15, -0.1) is 0 Å². The molecule has 2 rings (SSSR count). The summed E-state index contributed by atoms with van der Waals surface area (Å²) in [5.74, 6) is 4.67. The fraction of sp³-hybridized carbons (Fsp3) is 0.417. The van der Waals surface area contributed by atoms with Crippen LogP contribution in [-0.2, 0) is 16.1 Å². The second-order valence-electron chi connectivity index (χ2n) is 4.43. The van der Waals surface area contributed by atoms with E-state index in [9.17, 15) is 9.90 Å². The molecule has 1 aromatic rings. The van der Waals surface area contributed by atoms with E-state index in [1.165, 1.54) is 6.92 Å². The quantitative estimate of drug-likeness (QED) is 0.832. The van der Waals surface area contributed by atoms with Crippen LogP contribution >= 0.6 is 15.9 Å². The molecule has 6 heteroatoms. The third kappa shape index (κ3) is 2.23. The molecule has 1 heterocycles. The summed E-state index contributed by atoms with van der Waals surface area (Å²) in [6, 6.07) is 5.62. The monoisotopic (exact) mass is 315 g/mol. The van der Waals surface area contributed by atoms with E-state index in [-0.39, 0.29) is 0 Å². The van der Waals surface area contributed by atoms with E-state index >= 15 is 0 Å². The predicted molar refractivity (Wildman–Crippen MR) is 68.2 cm³/mol. The number of aryl methyl sites for hydroxylation is 1. The van der Waals surface area contributed by atoms with E-state index in [1.807, 2.05) is 18.2 Å². The molecule has 0 spiro atoms. The number of fused-ring (bicyclic) bond motifs is 1. The van der Waals surface area contributed by atoms with Crippen molar-refractivity contribution in [3.05, 3.63) is 28.2 Å². The molecule has 0 amide bonds. The molecule has 18 heavy (non-hydrogen) atoms. The molecule has 0 aromatic heterocycles. The molecule has 2 unspecified atom stereocenters. The van der Waals surface area contributed by atoms with Gasteiger partial charge >= 0.3 is 5.97 Å². The number of hydrogen-bond acceptors (Lipinski definition) is 4. The Balaban J connectivity index is 2.26. The van der Waals surface area contributed by atoms with E-state index in [4.69, 9.17) is 10.6 Å². The Morgan fingerprint density at radius 1 is 1.67 bits per heavy atom. The second kappa shape index (κ2) is 4.87. The molecule has 0 saturated carbocycles. The van der Waals surface area contributed by atoms with Crippen LogP contribution in [0.4, 0.5) is 0 Å². The van der Waals surface area contributed by atoms with Gasteiger partial charge in [-0.2, -0.15) is 0 Å². The zero-order chi connectivity index (χ0) is 13.3. The Hall–Kier alpha value is -1.11. The minimum absolute atomic E-state index is 0.545. The summed E-state index contributed by atoms with van der Waals surface area (Å²) in [6.07, 6.45) is 0.670. The van der Waals surface area contributed by atoms with Crippen molar-refractivity contribution in [2.45, 2.75) is 31.5 Å². The van der Waals surface area contributed by atoms with Gasteiger partial charge in [0.1, 0.15) is 11.9 Å². The van der Waals surface area contributed by atoms with Crippen molar-refractivity contribution in [2.24, 2.45) is 5.90 Å². The summed E-state index contributed by atoms with van der Waals surface area (Å²) < 4.78 is 6.67. The highest BCUT2D eigenvalue weighted by atomic mass is 79.9. The second-order valence-corrected chi connectivity index (χ2v) is 5.34. The SMILES string of the molecule is CC(ON)(C(=O)O)C1CCc2cc(Br)ccc2O1. The number of hydrogen-bond donors (Lipinski definition) is 2. The van der Waals surface area contributed by atoms with E-state index in [0.29, 0.717) is 12.2 Å². The third-order valence-electron chi connectivity index (χ3n) is 3.25. The summed E-state index contributed by atoms with van der Waals surface area (Å²) in [5, 5.41) is 9.18. The van der Waals surface area contributed by atoms with E-state index < -0.39 is 17.7 Å². The van der Waals surface area contributed by atoms with Crippen molar-refractivity contribution in [3.63, 3.8) is 0 Å². The molecular weight excluding hydrogens is 302 g/mol. The Morgan fingerprint density at radius 2 is 2.39 bits per heavy atom. The molecule has 0 radical (unpaired) electrons. The molecule has 1 aliphatic heterocycles. The normalized spacial score (nSPS) is 21.6. The topological polar surface area (TPSA) is 81.8 Å². The number of benzene rings is 1. The number of carboxylic acid groups (broad SMARTS) is 1. The van der Waals surface area contributed by atoms with Crippen LogP contribution < -0.4 is 10.6 Å². The lowest BCUT2D eigenvalue weighted by Crippen LogP contribution is -2.54. The number of nitrogens with two attached hydrogens (primary N) is 1. The zero-order valence-corrected chi connectivity index (χ0v) is 11.4. The van der Waals surface area contributed by atoms with Crippen molar-refractivity contribution in [1.29, 1.82) is 0 Å². The summed E-state index contributed by atoms with van der Waals surface area (Å²) in [6.45, 7) is 1.42. The van der Waals surface area contributed by atoms with Crippen molar-refractivity contribution < 1.29 is 19.5 Å². The molecule has 0 saturated heterocycles. The van der Waals surface area contributed by atoms with E-state index in [0.717, 1.165) is 16.5 Å². The summed E-state index contributed by atoms with van der Waals surface area (Å²) in [5.41, 5.74) is -0.490. The lowest BCUT2D eigenvalue weighted by Gasteiger charge is -2.35. The minimum atomic E-state index is -1.54. The van der Waals surface area contributed by atoms with Gasteiger partial charge in [-0.05, 0) is 43.5 Å². The van der Waals surface area contributed by atoms with Crippen LogP contribution in [0.15, 0.2) is 22.7 Å². The molecule has 1 aliphatic rings. The highest BCUT2D eigenvalue weighted by Gasteiger charge is 2.46. The molecule has 0 fully saturated rings. The van der Waals surface area contributed by atoms with Gasteiger partial charge < -0.3 is 9.84 Å². The number of ether oxygens (including phenoxy) is 1. The summed E-state index contributed by atoms with van der Waals surface area (Å²) in [4.78, 5) is 15.9. The Bertz CT molecular complexity index is 479. The molecular formula is C12H14BrNO4. The van der Waals surface area contributed by atoms with Gasteiger partial charge in [-0.3, -0.25) is 4.84 Å². The number of carboxylic acids is 1. The highest BCUT2D eigenvalue weighted by Crippen LogP contribution is 2.34. The number of aliphatic carboxylic acids is 1. The summed E-state index contributed by atoms with van der Waals surface area (Å²) >= 11 is 3.39. The Labute approximate surface area is 113 Å². The van der Waals surface area contributed by atoms with Gasteiger partial charge in [-0.1, -0.05) is 15.9 Å². The fourth-order valence-electron chi connectivity index (χ4n) is 2.01. The maximum atomic E-state index is 11.2. The summed E-state index contributed by atoms with van der Waals surface area (Å²) in [7, 11) is 0. The largest absolute Gasteiger partial charge is 0.486 e. The smallest absolute Gasteiger partial charge is 0.341 e. The van der Waals surface area contributed by atoms with Gasteiger partial charge in [0.15, 0.2) is 0 Å². The molecule has 1 aromatic carbocycles. The van der Waals surface area contributed by atoms with Crippen LogP contribution in [0.1, 0.15) is 18.9 Å². The van der Waals surface area contributed by atoms with Crippen LogP contribution in [0, 0.1) is 0 Å². The Morgan fingerprint density at radius 3 is 3.00 bits per heavy atom. The molecule has 2 atom stereocenters. The van der Waals surface area contributed by atoms with Gasteiger partial charge in [0.2, 0.25) is 5.60 Å². The minimum Gasteiger partial charge on any atom is -0.486 e. The van der Waals surface area contributed by atoms with Crippen LogP contribution in [0.2, 0.25) is 0 Å². The predicted octanol–water partition coefficient (Wildman–Crippen LogP) is 1.88. The molecule has 0 aliphatic carbocycles. The van der Waals surface area contributed by atoms with Crippen LogP contribution in [-0.4, -0.2) is 22.8 Å². The molecule has 5 nitrogen and oxygen atoms in total. The lowest BCUT2D eigenvalue weighted by molar-refractivity contribution is -0.179. The standard InChI is InChI=1S/C12H14BrNO4/c1-12(18-14,11(15)16)10-5-2-7-6-8(13)3-4-9(7)17-10/h3-4,6,10H,2,5,14H2,1H3,(H,15,16). The van der Waals surface area contributed by atoms with Crippen LogP contribution in [0.3, 0.4) is 0 Å². The van der Waals surface area contributed by atoms with Crippen molar-refractivity contribution in [2.75, 3.05) is 0 Å². The van der Waals surface area contributed by atoms with Gasteiger partial charge in [-0.25, -0.2) is 10.7 Å². The molecule has 3 N–H and O–H groups in total. The number of halogens is 1. The fourth-order valence-corrected chi connectivity index (χ4v) is 2.42. The van der Waals surface area contributed by atoms with Gasteiger partial charge in [0.25, 0.3) is 0 Å². The lowest BCUT2D eigenvalue weighted by atomic mass is 9.91. The maximum absolute atomic E-state index is 11.2. The third-order valence-corrected chi connectivity index (χ3v) is 3.74. The van der Waals surface area contributed by atoms with Crippen molar-refractivity contribution in [3.8, 4) is 5.75 Å². The first-order valence-electron chi connectivity index (χ1n) is 5.53. The first-order chi connectivity index (χ1) is 8.47. The molecule has 98 valence electrons. The average molecular weight is 316 g/mol. The number of rotatable bonds is 3. The van der Waals surface area contributed by atoms with Crippen molar-refractivity contribution in [1.82, 2.24) is 0 Å². The van der Waals surface area contributed by atoms with E-state index in [1.54, 1.807) is 0 Å². The van der Waals surface area contributed by atoms with Crippen LogP contribution in [0.5, 0.6) is 5.75 Å². The molecule has 0 bridgehead atoms. The van der Waals surface area contributed by atoms with E-state index in [2.05, 4.69) is 20.8 Å². The Kier molecular flexibility index (Phi) is 3.61.